The van der Waals surface area contributed by atoms with Crippen LogP contribution >= 0.6 is 0 Å². The van der Waals surface area contributed by atoms with Gasteiger partial charge in [0.2, 0.25) is 0 Å². The van der Waals surface area contributed by atoms with Crippen molar-refractivity contribution in [1.82, 2.24) is 14.1 Å². The molecule has 5 heteroatoms. The van der Waals surface area contributed by atoms with Gasteiger partial charge < -0.3 is 18.0 Å². The molecular weight excluding hydrogens is 711 g/mol. The first-order valence-electron chi connectivity index (χ1n) is 19.6. The van der Waals surface area contributed by atoms with E-state index in [1.54, 1.807) is 0 Å². The molecule has 13 rings (SSSR count). The van der Waals surface area contributed by atoms with Crippen molar-refractivity contribution in [2.75, 3.05) is 0 Å². The minimum atomic E-state index is 0.858. The van der Waals surface area contributed by atoms with Crippen LogP contribution in [0.4, 0.5) is 0 Å². The molecule has 0 spiro atoms. The highest BCUT2D eigenvalue weighted by molar-refractivity contribution is 6.24. The largest absolute Gasteiger partial charge is 0.456 e. The zero-order chi connectivity index (χ0) is 37.9. The van der Waals surface area contributed by atoms with Gasteiger partial charge >= 0.3 is 0 Å². The van der Waals surface area contributed by atoms with Gasteiger partial charge in [0, 0.05) is 59.9 Å². The van der Waals surface area contributed by atoms with Crippen molar-refractivity contribution < 1.29 is 8.83 Å². The lowest BCUT2D eigenvalue weighted by molar-refractivity contribution is 0.668. The first-order chi connectivity index (χ1) is 28.7. The second-order valence-electron chi connectivity index (χ2n) is 15.1. The minimum Gasteiger partial charge on any atom is -0.456 e. The Hall–Kier alpha value is -7.89. The van der Waals surface area contributed by atoms with Crippen LogP contribution in [0.2, 0.25) is 0 Å². The molecule has 5 heterocycles. The number of hydrogen-bond donors (Lipinski definition) is 0. The molecule has 0 aliphatic carbocycles. The number of nitrogens with zero attached hydrogens (tertiary/aromatic N) is 3. The summed E-state index contributed by atoms with van der Waals surface area (Å²) in [5.74, 6) is 0. The van der Waals surface area contributed by atoms with Crippen LogP contribution in [0.5, 0.6) is 0 Å². The molecule has 0 bridgehead atoms. The molecule has 13 aromatic rings. The molecule has 0 fully saturated rings. The van der Waals surface area contributed by atoms with Gasteiger partial charge in [0.15, 0.2) is 0 Å². The first-order valence-corrected chi connectivity index (χ1v) is 19.6. The first kappa shape index (κ1) is 31.3. The van der Waals surface area contributed by atoms with Crippen molar-refractivity contribution in [3.8, 4) is 33.9 Å². The number of aromatic nitrogens is 3. The predicted octanol–water partition coefficient (Wildman–Crippen LogP) is 14.4. The number of hydrogen-bond acceptors (Lipinski definition) is 3. The molecule has 0 unspecified atom stereocenters. The molecule has 0 aliphatic rings. The Morgan fingerprint density at radius 2 is 0.741 bits per heavy atom. The molecule has 5 nitrogen and oxygen atoms in total. The van der Waals surface area contributed by atoms with Crippen molar-refractivity contribution in [1.29, 1.82) is 0 Å². The third kappa shape index (κ3) is 4.44. The highest BCUT2D eigenvalue weighted by atomic mass is 16.3. The van der Waals surface area contributed by atoms with E-state index in [1.165, 1.54) is 32.6 Å². The number of fused-ring (bicyclic) bond motifs is 13. The Balaban J connectivity index is 1.16. The summed E-state index contributed by atoms with van der Waals surface area (Å²) in [5, 5.41) is 9.14. The third-order valence-electron chi connectivity index (χ3n) is 11.9. The van der Waals surface area contributed by atoms with Crippen LogP contribution in [0.1, 0.15) is 0 Å². The van der Waals surface area contributed by atoms with Gasteiger partial charge in [0.05, 0.1) is 39.1 Å². The van der Waals surface area contributed by atoms with Crippen LogP contribution in [0.3, 0.4) is 0 Å². The van der Waals surface area contributed by atoms with Crippen molar-refractivity contribution in [3.05, 3.63) is 188 Å². The number of para-hydroxylation sites is 5. The van der Waals surface area contributed by atoms with Crippen LogP contribution in [-0.4, -0.2) is 14.1 Å². The summed E-state index contributed by atoms with van der Waals surface area (Å²) < 4.78 is 17.4. The molecule has 58 heavy (non-hydrogen) atoms. The average molecular weight is 742 g/mol. The normalized spacial score (nSPS) is 12.1. The topological polar surface area (TPSA) is 49.0 Å². The van der Waals surface area contributed by atoms with Gasteiger partial charge in [-0.15, -0.1) is 0 Å². The summed E-state index contributed by atoms with van der Waals surface area (Å²) in [6.45, 7) is 0. The minimum absolute atomic E-state index is 0.858. The fourth-order valence-corrected chi connectivity index (χ4v) is 9.33. The van der Waals surface area contributed by atoms with E-state index >= 15 is 0 Å². The van der Waals surface area contributed by atoms with Crippen LogP contribution < -0.4 is 0 Å². The maximum Gasteiger partial charge on any atom is 0.135 e. The standard InChI is InChI=1S/C53H31N3O2/c1-2-12-34(13-3-1)55-46-18-8-4-14-36(46)40-24-25-41-37-15-5-9-19-47(37)56(53(41)52(40)55)35-30-44(32-22-26-50-42(28-32)38-16-6-10-20-48(38)57-50)54-45(31-35)33-23-27-51-43(29-33)39-17-7-11-21-49(39)58-51/h1-31H. The summed E-state index contributed by atoms with van der Waals surface area (Å²) >= 11 is 0. The summed E-state index contributed by atoms with van der Waals surface area (Å²) in [4.78, 5) is 5.47. The summed E-state index contributed by atoms with van der Waals surface area (Å²) in [6.07, 6.45) is 0. The van der Waals surface area contributed by atoms with Gasteiger partial charge in [0.1, 0.15) is 22.3 Å². The van der Waals surface area contributed by atoms with E-state index in [-0.39, 0.29) is 0 Å². The molecule has 8 aromatic carbocycles. The summed E-state index contributed by atoms with van der Waals surface area (Å²) in [5.41, 5.74) is 14.0. The maximum absolute atomic E-state index is 6.26. The maximum atomic E-state index is 6.26. The second-order valence-corrected chi connectivity index (χ2v) is 15.1. The number of pyridine rings is 1. The van der Waals surface area contributed by atoms with Gasteiger partial charge in [-0.1, -0.05) is 103 Å². The fourth-order valence-electron chi connectivity index (χ4n) is 9.33. The second kappa shape index (κ2) is 11.8. The van der Waals surface area contributed by atoms with Crippen LogP contribution in [-0.2, 0) is 0 Å². The highest BCUT2D eigenvalue weighted by Gasteiger charge is 2.22. The molecule has 0 radical (unpaired) electrons. The van der Waals surface area contributed by atoms with Gasteiger partial charge in [-0.3, -0.25) is 0 Å². The molecule has 0 aliphatic heterocycles. The Morgan fingerprint density at radius 1 is 0.310 bits per heavy atom. The van der Waals surface area contributed by atoms with E-state index < -0.39 is 0 Å². The molecule has 0 atom stereocenters. The summed E-state index contributed by atoms with van der Waals surface area (Å²) in [6, 6.07) is 66.6. The van der Waals surface area contributed by atoms with Crippen molar-refractivity contribution in [2.24, 2.45) is 0 Å². The molecule has 0 N–H and O–H groups in total. The van der Waals surface area contributed by atoms with Crippen LogP contribution in [0, 0.1) is 0 Å². The summed E-state index contributed by atoms with van der Waals surface area (Å²) in [7, 11) is 0. The van der Waals surface area contributed by atoms with E-state index in [1.807, 2.05) is 24.3 Å². The quantitative estimate of drug-likeness (QED) is 0.180. The van der Waals surface area contributed by atoms with E-state index in [9.17, 15) is 0 Å². The van der Waals surface area contributed by atoms with Crippen LogP contribution in [0.25, 0.3) is 121 Å². The van der Waals surface area contributed by atoms with E-state index in [0.29, 0.717) is 0 Å². The van der Waals surface area contributed by atoms with Crippen molar-refractivity contribution >= 4 is 87.5 Å². The zero-order valence-corrected chi connectivity index (χ0v) is 31.1. The molecule has 0 amide bonds. The van der Waals surface area contributed by atoms with Gasteiger partial charge in [-0.25, -0.2) is 4.98 Å². The Morgan fingerprint density at radius 3 is 1.28 bits per heavy atom. The van der Waals surface area contributed by atoms with Gasteiger partial charge in [0.25, 0.3) is 0 Å². The lowest BCUT2D eigenvalue weighted by Crippen LogP contribution is -2.00. The lowest BCUT2D eigenvalue weighted by atomic mass is 10.0. The fraction of sp³-hybridized carbons (Fsp3) is 0. The Kier molecular flexibility index (Phi) is 6.38. The Labute approximate surface area is 331 Å². The molecular formula is C53H31N3O2. The number of rotatable bonds is 4. The van der Waals surface area contributed by atoms with Crippen molar-refractivity contribution in [3.63, 3.8) is 0 Å². The highest BCUT2D eigenvalue weighted by Crippen LogP contribution is 2.43. The molecule has 270 valence electrons. The van der Waals surface area contributed by atoms with Crippen LogP contribution in [0.15, 0.2) is 197 Å². The number of furan rings is 2. The Bertz CT molecular complexity index is 3670. The van der Waals surface area contributed by atoms with E-state index in [0.717, 1.165) is 88.8 Å². The SMILES string of the molecule is c1ccc(-n2c3ccccc3c3ccc4c5ccccc5n(-c5cc(-c6ccc7oc8ccccc8c7c6)nc(-c6ccc7oc8ccccc8c7c6)c5)c4c32)cc1. The molecule has 5 aromatic heterocycles. The van der Waals surface area contributed by atoms with Gasteiger partial charge in [-0.05, 0) is 84.9 Å². The van der Waals surface area contributed by atoms with Crippen molar-refractivity contribution in [2.45, 2.75) is 0 Å². The average Bonchev–Trinajstić information content (AvgIpc) is 4.04. The monoisotopic (exact) mass is 741 g/mol. The predicted molar refractivity (Wildman–Crippen MR) is 238 cm³/mol. The lowest BCUT2D eigenvalue weighted by Gasteiger charge is -2.15. The van der Waals surface area contributed by atoms with E-state index in [2.05, 4.69) is 173 Å². The number of benzene rings is 8. The molecule has 0 saturated heterocycles. The molecule has 0 saturated carbocycles. The third-order valence-corrected chi connectivity index (χ3v) is 11.9. The van der Waals surface area contributed by atoms with E-state index in [4.69, 9.17) is 13.8 Å². The zero-order valence-electron chi connectivity index (χ0n) is 31.1. The van der Waals surface area contributed by atoms with Gasteiger partial charge in [-0.2, -0.15) is 0 Å². The smallest absolute Gasteiger partial charge is 0.135 e.